The lowest BCUT2D eigenvalue weighted by Gasteiger charge is -2.04. The van der Waals surface area contributed by atoms with Gasteiger partial charge in [-0.05, 0) is 6.42 Å². The number of hydrogen-bond acceptors (Lipinski definition) is 5. The monoisotopic (exact) mass is 430 g/mol. The van der Waals surface area contributed by atoms with Gasteiger partial charge in [0.05, 0.1) is 6.61 Å². The molecular formula is C24H46O6. The summed E-state index contributed by atoms with van der Waals surface area (Å²) in [6, 6.07) is 0. The van der Waals surface area contributed by atoms with Gasteiger partial charge in [-0.1, -0.05) is 129 Å². The van der Waals surface area contributed by atoms with Gasteiger partial charge in [0.15, 0.2) is 0 Å². The summed E-state index contributed by atoms with van der Waals surface area (Å²) < 4.78 is 4.68. The van der Waals surface area contributed by atoms with E-state index in [1.165, 1.54) is 109 Å². The molecule has 0 aliphatic carbocycles. The van der Waals surface area contributed by atoms with Crippen LogP contribution in [0.3, 0.4) is 0 Å². The molecule has 0 aromatic carbocycles. The lowest BCUT2D eigenvalue weighted by atomic mass is 10.0. The predicted molar refractivity (Wildman–Crippen MR) is 120 cm³/mol. The Labute approximate surface area is 184 Å². The van der Waals surface area contributed by atoms with Crippen LogP contribution in [-0.4, -0.2) is 24.0 Å². The van der Waals surface area contributed by atoms with Gasteiger partial charge in [0.2, 0.25) is 0 Å². The van der Waals surface area contributed by atoms with Gasteiger partial charge in [0, 0.05) is 0 Å². The Balaban J connectivity index is 3.08. The van der Waals surface area contributed by atoms with Gasteiger partial charge < -0.3 is 9.84 Å². The molecule has 0 heterocycles. The number of ether oxygens (including phenoxy) is 1. The Hall–Kier alpha value is -1.46. The van der Waals surface area contributed by atoms with Gasteiger partial charge in [0.1, 0.15) is 0 Å². The third kappa shape index (κ3) is 24.6. The van der Waals surface area contributed by atoms with Crippen molar-refractivity contribution in [2.24, 2.45) is 0 Å². The van der Waals surface area contributed by atoms with Crippen LogP contribution in [0, 0.1) is 0 Å². The van der Waals surface area contributed by atoms with Crippen LogP contribution in [0.5, 0.6) is 0 Å². The molecule has 0 saturated heterocycles. The molecule has 0 spiro atoms. The second-order valence-corrected chi connectivity index (χ2v) is 8.25. The van der Waals surface area contributed by atoms with E-state index >= 15 is 0 Å². The van der Waals surface area contributed by atoms with Crippen LogP contribution in [-0.2, 0) is 14.5 Å². The quantitative estimate of drug-likeness (QED) is 0.0849. The predicted octanol–water partition coefficient (Wildman–Crippen LogP) is 8.57. The maximum absolute atomic E-state index is 10.9. The van der Waals surface area contributed by atoms with E-state index in [-0.39, 0.29) is 6.61 Å². The summed E-state index contributed by atoms with van der Waals surface area (Å²) in [5.74, 6) is 0. The Morgan fingerprint density at radius 1 is 0.533 bits per heavy atom. The van der Waals surface area contributed by atoms with E-state index in [2.05, 4.69) is 21.4 Å². The molecule has 0 aromatic rings. The maximum Gasteiger partial charge on any atom is 0.549 e. The van der Waals surface area contributed by atoms with Gasteiger partial charge in [-0.15, -0.1) is 0 Å². The molecule has 178 valence electrons. The second kappa shape index (κ2) is 23.8. The zero-order chi connectivity index (χ0) is 22.1. The molecule has 6 heteroatoms. The molecule has 0 rings (SSSR count). The molecule has 30 heavy (non-hydrogen) atoms. The molecule has 0 unspecified atom stereocenters. The lowest BCUT2D eigenvalue weighted by Crippen LogP contribution is -2.11. The van der Waals surface area contributed by atoms with E-state index in [4.69, 9.17) is 5.11 Å². The van der Waals surface area contributed by atoms with Crippen molar-refractivity contribution >= 4 is 12.3 Å². The number of hydrogen-bond donors (Lipinski definition) is 1. The highest BCUT2D eigenvalue weighted by atomic mass is 17.3. The van der Waals surface area contributed by atoms with Gasteiger partial charge in [-0.25, -0.2) is 9.68 Å². The minimum atomic E-state index is -1.68. The number of carboxylic acid groups (broad SMARTS) is 1. The first-order valence-electron chi connectivity index (χ1n) is 12.4. The number of rotatable bonds is 21. The zero-order valence-corrected chi connectivity index (χ0v) is 19.3. The largest absolute Gasteiger partial charge is 0.549 e. The molecule has 0 fully saturated rings. The summed E-state index contributed by atoms with van der Waals surface area (Å²) >= 11 is 0. The smallest absolute Gasteiger partial charge is 0.447 e. The first-order valence-corrected chi connectivity index (χ1v) is 12.4. The molecule has 0 atom stereocenters. The molecular weight excluding hydrogens is 384 g/mol. The van der Waals surface area contributed by atoms with Crippen LogP contribution in [0.1, 0.15) is 135 Å². The Kier molecular flexibility index (Phi) is 22.7. The van der Waals surface area contributed by atoms with E-state index in [0.29, 0.717) is 0 Å². The fourth-order valence-corrected chi connectivity index (χ4v) is 3.61. The van der Waals surface area contributed by atoms with Crippen LogP contribution < -0.4 is 0 Å². The Morgan fingerprint density at radius 2 is 0.867 bits per heavy atom. The van der Waals surface area contributed by atoms with Crippen molar-refractivity contribution in [3.05, 3.63) is 0 Å². The Morgan fingerprint density at radius 3 is 1.20 bits per heavy atom. The molecule has 0 aliphatic rings. The molecule has 0 amide bonds. The molecule has 6 nitrogen and oxygen atoms in total. The molecule has 0 saturated carbocycles. The molecule has 0 radical (unpaired) electrons. The maximum atomic E-state index is 10.9. The number of carbonyl (C=O) groups is 2. The van der Waals surface area contributed by atoms with Crippen molar-refractivity contribution in [1.29, 1.82) is 0 Å². The molecule has 0 bridgehead atoms. The fourth-order valence-electron chi connectivity index (χ4n) is 3.61. The van der Waals surface area contributed by atoms with E-state index in [9.17, 15) is 9.59 Å². The summed E-state index contributed by atoms with van der Waals surface area (Å²) in [4.78, 5) is 28.5. The third-order valence-corrected chi connectivity index (χ3v) is 5.40. The molecule has 1 N–H and O–H groups in total. The van der Waals surface area contributed by atoms with Crippen molar-refractivity contribution in [1.82, 2.24) is 0 Å². The first-order chi connectivity index (χ1) is 14.7. The average Bonchev–Trinajstić information content (AvgIpc) is 2.73. The zero-order valence-electron chi connectivity index (χ0n) is 19.3. The van der Waals surface area contributed by atoms with Crippen LogP contribution >= 0.6 is 0 Å². The highest BCUT2D eigenvalue weighted by Crippen LogP contribution is 2.14. The minimum Gasteiger partial charge on any atom is -0.447 e. The van der Waals surface area contributed by atoms with Gasteiger partial charge in [0.25, 0.3) is 0 Å². The van der Waals surface area contributed by atoms with Crippen LogP contribution in [0.25, 0.3) is 0 Å². The number of carbonyl (C=O) groups excluding carboxylic acids is 1. The average molecular weight is 431 g/mol. The first kappa shape index (κ1) is 28.5. The highest BCUT2D eigenvalue weighted by Gasteiger charge is 2.08. The van der Waals surface area contributed by atoms with E-state index in [1.807, 2.05) is 0 Å². The molecule has 0 aromatic heterocycles. The van der Waals surface area contributed by atoms with E-state index in [0.717, 1.165) is 19.3 Å². The normalized spacial score (nSPS) is 10.7. The highest BCUT2D eigenvalue weighted by molar-refractivity contribution is 5.62. The minimum absolute atomic E-state index is 0.223. The van der Waals surface area contributed by atoms with Crippen molar-refractivity contribution in [2.45, 2.75) is 135 Å². The van der Waals surface area contributed by atoms with Gasteiger partial charge in [-0.2, -0.15) is 9.68 Å². The van der Waals surface area contributed by atoms with Gasteiger partial charge in [-0.3, -0.25) is 0 Å². The van der Waals surface area contributed by atoms with Crippen molar-refractivity contribution in [2.75, 3.05) is 6.61 Å². The Bertz CT molecular complexity index is 386. The van der Waals surface area contributed by atoms with Crippen LogP contribution in [0.15, 0.2) is 0 Å². The van der Waals surface area contributed by atoms with Crippen molar-refractivity contribution in [3.8, 4) is 0 Å². The van der Waals surface area contributed by atoms with E-state index in [1.54, 1.807) is 0 Å². The summed E-state index contributed by atoms with van der Waals surface area (Å²) in [5, 5.41) is 8.15. The lowest BCUT2D eigenvalue weighted by molar-refractivity contribution is -0.213. The topological polar surface area (TPSA) is 82.1 Å². The SMILES string of the molecule is CCCCCCCCCCCCCCCCCCCCCCOC(=O)OOC(=O)O. The summed E-state index contributed by atoms with van der Waals surface area (Å²) in [7, 11) is 0. The standard InChI is InChI=1S/C24H46O6/c1-2-3-4-5-6-7-8-9-10-11-12-13-14-15-16-17-18-19-20-21-22-28-24(27)30-29-23(25)26/h2-22H2,1H3,(H,25,26). The second-order valence-electron chi connectivity index (χ2n) is 8.25. The fraction of sp³-hybridized carbons (Fsp3) is 0.917. The number of unbranched alkanes of at least 4 members (excludes halogenated alkanes) is 19. The summed E-state index contributed by atoms with van der Waals surface area (Å²) in [6.07, 6.45) is 23.5. The molecule has 0 aliphatic heterocycles. The van der Waals surface area contributed by atoms with Crippen molar-refractivity contribution < 1.29 is 29.2 Å². The summed E-state index contributed by atoms with van der Waals surface area (Å²) in [5.41, 5.74) is 0. The summed E-state index contributed by atoms with van der Waals surface area (Å²) in [6.45, 7) is 2.50. The van der Waals surface area contributed by atoms with E-state index < -0.39 is 12.3 Å². The van der Waals surface area contributed by atoms with Crippen LogP contribution in [0.4, 0.5) is 9.59 Å². The third-order valence-electron chi connectivity index (χ3n) is 5.40. The van der Waals surface area contributed by atoms with Gasteiger partial charge >= 0.3 is 12.3 Å². The van der Waals surface area contributed by atoms with Crippen molar-refractivity contribution in [3.63, 3.8) is 0 Å². The van der Waals surface area contributed by atoms with Crippen LogP contribution in [0.2, 0.25) is 0 Å².